The van der Waals surface area contributed by atoms with Gasteiger partial charge in [0.2, 0.25) is 0 Å². The van der Waals surface area contributed by atoms with Crippen molar-refractivity contribution in [2.75, 3.05) is 4.90 Å². The molecule has 0 N–H and O–H groups in total. The van der Waals surface area contributed by atoms with Gasteiger partial charge in [0.15, 0.2) is 0 Å². The van der Waals surface area contributed by atoms with Crippen molar-refractivity contribution in [2.45, 2.75) is 5.41 Å². The molecule has 1 aromatic heterocycles. The van der Waals surface area contributed by atoms with Crippen LogP contribution < -0.4 is 4.90 Å². The number of thiazole rings is 1. The fourth-order valence-corrected chi connectivity index (χ4v) is 10.1. The van der Waals surface area contributed by atoms with Gasteiger partial charge >= 0.3 is 0 Å². The van der Waals surface area contributed by atoms with E-state index < -0.39 is 5.41 Å². The van der Waals surface area contributed by atoms with Crippen LogP contribution in [0, 0.1) is 0 Å². The van der Waals surface area contributed by atoms with Gasteiger partial charge in [0, 0.05) is 38.8 Å². The van der Waals surface area contributed by atoms with Crippen LogP contribution in [0.1, 0.15) is 22.3 Å². The van der Waals surface area contributed by atoms with Crippen LogP contribution in [0.5, 0.6) is 0 Å². The Morgan fingerprint density at radius 1 is 0.453 bits per heavy atom. The molecule has 0 atom stereocenters. The largest absolute Gasteiger partial charge is 0.310 e. The maximum Gasteiger partial charge on any atom is 0.124 e. The average Bonchev–Trinajstić information content (AvgIpc) is 3.89. The van der Waals surface area contributed by atoms with Gasteiger partial charge in [0.25, 0.3) is 0 Å². The van der Waals surface area contributed by atoms with Gasteiger partial charge in [-0.25, -0.2) is 4.98 Å². The zero-order chi connectivity index (χ0) is 34.9. The fraction of sp³-hybridized carbons (Fsp3) is 0.0200. The highest BCUT2D eigenvalue weighted by Gasteiger charge is 2.46. The topological polar surface area (TPSA) is 16.1 Å². The molecule has 248 valence electrons. The summed E-state index contributed by atoms with van der Waals surface area (Å²) in [7, 11) is 0. The molecule has 0 radical (unpaired) electrons. The maximum atomic E-state index is 5.23. The summed E-state index contributed by atoms with van der Waals surface area (Å²) >= 11 is 1.79. The van der Waals surface area contributed by atoms with Crippen LogP contribution in [0.4, 0.5) is 17.1 Å². The zero-order valence-corrected chi connectivity index (χ0v) is 29.6. The first-order valence-corrected chi connectivity index (χ1v) is 19.0. The van der Waals surface area contributed by atoms with Crippen LogP contribution >= 0.6 is 11.3 Å². The van der Waals surface area contributed by atoms with Crippen molar-refractivity contribution < 1.29 is 0 Å². The Morgan fingerprint density at radius 3 is 1.79 bits per heavy atom. The van der Waals surface area contributed by atoms with Crippen molar-refractivity contribution in [1.29, 1.82) is 0 Å². The average molecular weight is 693 g/mol. The predicted molar refractivity (Wildman–Crippen MR) is 221 cm³/mol. The molecule has 0 unspecified atom stereocenters. The molecule has 11 rings (SSSR count). The molecule has 9 aromatic rings. The molecule has 53 heavy (non-hydrogen) atoms. The number of rotatable bonds is 6. The van der Waals surface area contributed by atoms with E-state index in [1.165, 1.54) is 60.2 Å². The van der Waals surface area contributed by atoms with Crippen molar-refractivity contribution >= 4 is 39.2 Å². The minimum Gasteiger partial charge on any atom is -0.310 e. The second-order valence-corrected chi connectivity index (χ2v) is 14.9. The van der Waals surface area contributed by atoms with Crippen molar-refractivity contribution in [3.05, 3.63) is 216 Å². The van der Waals surface area contributed by atoms with E-state index in [-0.39, 0.29) is 0 Å². The molecular formula is C50H32N2S. The van der Waals surface area contributed by atoms with E-state index in [1.54, 1.807) is 11.3 Å². The van der Waals surface area contributed by atoms with E-state index in [0.29, 0.717) is 0 Å². The second kappa shape index (κ2) is 11.7. The lowest BCUT2D eigenvalue weighted by molar-refractivity contribution is 0.768. The number of fused-ring (bicyclic) bond motifs is 6. The Bertz CT molecular complexity index is 2760. The molecule has 0 spiro atoms. The van der Waals surface area contributed by atoms with Gasteiger partial charge in [-0.15, -0.1) is 11.3 Å². The van der Waals surface area contributed by atoms with Crippen molar-refractivity contribution in [1.82, 2.24) is 4.98 Å². The Balaban J connectivity index is 1.15. The Hall–Kier alpha value is -6.55. The highest BCUT2D eigenvalue weighted by atomic mass is 32.1. The van der Waals surface area contributed by atoms with Crippen LogP contribution in [-0.2, 0) is 5.41 Å². The highest BCUT2D eigenvalue weighted by Crippen LogP contribution is 2.58. The summed E-state index contributed by atoms with van der Waals surface area (Å²) in [6, 6.07) is 70.8. The van der Waals surface area contributed by atoms with Crippen LogP contribution in [0.15, 0.2) is 194 Å². The molecule has 2 aliphatic rings. The van der Waals surface area contributed by atoms with E-state index in [9.17, 15) is 0 Å². The maximum absolute atomic E-state index is 5.23. The number of hydrogen-bond donors (Lipinski definition) is 0. The van der Waals surface area contributed by atoms with E-state index in [2.05, 4.69) is 199 Å². The lowest BCUT2D eigenvalue weighted by atomic mass is 9.67. The number of para-hydroxylation sites is 1. The number of aromatic nitrogens is 1. The molecule has 2 nitrogen and oxygen atoms in total. The third kappa shape index (κ3) is 4.35. The van der Waals surface area contributed by atoms with Gasteiger partial charge in [0.05, 0.1) is 21.7 Å². The highest BCUT2D eigenvalue weighted by molar-refractivity contribution is 7.19. The lowest BCUT2D eigenvalue weighted by Crippen LogP contribution is -2.28. The third-order valence-corrected chi connectivity index (χ3v) is 12.3. The number of hydrogen-bond acceptors (Lipinski definition) is 3. The Kier molecular flexibility index (Phi) is 6.67. The Labute approximate surface area is 312 Å². The fourth-order valence-electron chi connectivity index (χ4n) is 8.94. The van der Waals surface area contributed by atoms with Crippen molar-refractivity contribution in [3.8, 4) is 43.4 Å². The first-order valence-electron chi connectivity index (χ1n) is 18.1. The second-order valence-electron chi connectivity index (χ2n) is 13.9. The molecule has 2 aliphatic carbocycles. The van der Waals surface area contributed by atoms with Crippen LogP contribution in [-0.4, -0.2) is 4.98 Å². The van der Waals surface area contributed by atoms with E-state index in [4.69, 9.17) is 4.98 Å². The summed E-state index contributed by atoms with van der Waals surface area (Å²) in [6.07, 6.45) is 0. The quantitative estimate of drug-likeness (QED) is 0.172. The normalized spacial score (nSPS) is 13.1. The molecular weight excluding hydrogens is 661 g/mol. The summed E-state index contributed by atoms with van der Waals surface area (Å²) in [4.78, 5) is 8.92. The lowest BCUT2D eigenvalue weighted by Gasteiger charge is -2.35. The minimum absolute atomic E-state index is 0.481. The summed E-state index contributed by atoms with van der Waals surface area (Å²) in [5, 5.41) is 3.56. The van der Waals surface area contributed by atoms with Crippen LogP contribution in [0.25, 0.3) is 54.2 Å². The summed E-state index contributed by atoms with van der Waals surface area (Å²) in [6.45, 7) is 0. The zero-order valence-electron chi connectivity index (χ0n) is 28.8. The molecule has 1 heterocycles. The molecule has 0 saturated carbocycles. The first-order chi connectivity index (χ1) is 26.3. The predicted octanol–water partition coefficient (Wildman–Crippen LogP) is 13.4. The molecule has 3 heteroatoms. The molecule has 8 aromatic carbocycles. The minimum atomic E-state index is -0.481. The summed E-state index contributed by atoms with van der Waals surface area (Å²) in [5.74, 6) is 0. The SMILES string of the molecule is c1ccc(-c2nc3c(s2)-c2cccc4c(N(c5ccccc5)c5ccc6c(c5)C(c5ccccc5)(c5ccccc5)c5ccccc5-6)ccc-3c24)cc1. The van der Waals surface area contributed by atoms with Gasteiger partial charge < -0.3 is 4.90 Å². The van der Waals surface area contributed by atoms with Gasteiger partial charge in [-0.3, -0.25) is 0 Å². The van der Waals surface area contributed by atoms with Crippen LogP contribution in [0.3, 0.4) is 0 Å². The molecule has 0 aliphatic heterocycles. The van der Waals surface area contributed by atoms with Gasteiger partial charge in [-0.05, 0) is 63.7 Å². The molecule has 0 fully saturated rings. The molecule has 0 bridgehead atoms. The number of benzene rings is 8. The number of nitrogens with zero attached hydrogens (tertiary/aromatic N) is 2. The monoisotopic (exact) mass is 692 g/mol. The standard InChI is InChI=1S/C50H32N2S/c1-5-16-33(17-6-1)49-51-47-41-30-31-45(40-25-15-26-42(46(40)41)48(47)53-49)52(36-22-11-4-12-23-36)37-28-29-39-38-24-13-14-27-43(38)50(44(39)32-37,34-18-7-2-8-19-34)35-20-9-3-10-21-35/h1-32H. The number of anilines is 3. The smallest absolute Gasteiger partial charge is 0.124 e. The first kappa shape index (κ1) is 30.1. The molecule has 0 saturated heterocycles. The Morgan fingerprint density at radius 2 is 1.06 bits per heavy atom. The van der Waals surface area contributed by atoms with Crippen molar-refractivity contribution in [3.63, 3.8) is 0 Å². The van der Waals surface area contributed by atoms with Gasteiger partial charge in [0.1, 0.15) is 5.01 Å². The molecule has 0 amide bonds. The third-order valence-electron chi connectivity index (χ3n) is 11.1. The summed E-state index contributed by atoms with van der Waals surface area (Å²) in [5.41, 5.74) is 15.3. The van der Waals surface area contributed by atoms with E-state index in [1.807, 2.05) is 0 Å². The summed E-state index contributed by atoms with van der Waals surface area (Å²) < 4.78 is 0. The van der Waals surface area contributed by atoms with Gasteiger partial charge in [-0.1, -0.05) is 164 Å². The van der Waals surface area contributed by atoms with Crippen LogP contribution in [0.2, 0.25) is 0 Å². The van der Waals surface area contributed by atoms with E-state index in [0.717, 1.165) is 33.3 Å². The van der Waals surface area contributed by atoms with Gasteiger partial charge in [-0.2, -0.15) is 0 Å². The van der Waals surface area contributed by atoms with Crippen molar-refractivity contribution in [2.24, 2.45) is 0 Å². The van der Waals surface area contributed by atoms with E-state index >= 15 is 0 Å².